The lowest BCUT2D eigenvalue weighted by molar-refractivity contribution is -0.146. The monoisotopic (exact) mass is 296 g/mol. The Morgan fingerprint density at radius 1 is 1.29 bits per heavy atom. The van der Waals surface area contributed by atoms with E-state index >= 15 is 0 Å². The van der Waals surface area contributed by atoms with Gasteiger partial charge in [0.25, 0.3) is 0 Å². The summed E-state index contributed by atoms with van der Waals surface area (Å²) in [7, 11) is 0. The lowest BCUT2D eigenvalue weighted by atomic mass is 9.96. The predicted octanol–water partition coefficient (Wildman–Crippen LogP) is 0.814. The molecule has 1 N–H and O–H groups in total. The number of piperidine rings is 1. The second-order valence-corrected chi connectivity index (χ2v) is 6.56. The van der Waals surface area contributed by atoms with Crippen molar-refractivity contribution in [1.82, 2.24) is 9.80 Å². The molecule has 0 spiro atoms. The predicted molar refractivity (Wildman–Crippen MR) is 76.5 cm³/mol. The minimum atomic E-state index is -0.837. The Labute approximate surface area is 125 Å². The highest BCUT2D eigenvalue weighted by Crippen LogP contribution is 2.24. The fourth-order valence-corrected chi connectivity index (χ4v) is 3.19. The number of nitrogens with zero attached hydrogens (tertiary/aromatic N) is 2. The van der Waals surface area contributed by atoms with Crippen LogP contribution in [0.3, 0.4) is 0 Å². The molecule has 0 radical (unpaired) electrons. The average molecular weight is 296 g/mol. The number of carboxylic acid groups (broad SMARTS) is 1. The van der Waals surface area contributed by atoms with Crippen LogP contribution in [0.5, 0.6) is 0 Å². The Morgan fingerprint density at radius 2 is 2.00 bits per heavy atom. The average Bonchev–Trinajstić information content (AvgIpc) is 2.78. The van der Waals surface area contributed by atoms with Gasteiger partial charge in [0.1, 0.15) is 0 Å². The van der Waals surface area contributed by atoms with Crippen LogP contribution >= 0.6 is 0 Å². The molecule has 6 nitrogen and oxygen atoms in total. The highest BCUT2D eigenvalue weighted by atomic mass is 16.4. The van der Waals surface area contributed by atoms with Crippen molar-refractivity contribution in [1.29, 1.82) is 0 Å². The molecule has 2 amide bonds. The van der Waals surface area contributed by atoms with Crippen LogP contribution in [-0.4, -0.2) is 58.9 Å². The van der Waals surface area contributed by atoms with Crippen molar-refractivity contribution in [3.8, 4) is 0 Å². The molecular formula is C15H24N2O4. The molecule has 0 aromatic rings. The summed E-state index contributed by atoms with van der Waals surface area (Å²) >= 11 is 0. The quantitative estimate of drug-likeness (QED) is 0.833. The van der Waals surface area contributed by atoms with Crippen molar-refractivity contribution in [2.45, 2.75) is 33.1 Å². The highest BCUT2D eigenvalue weighted by Gasteiger charge is 2.38. The van der Waals surface area contributed by atoms with Crippen molar-refractivity contribution < 1.29 is 19.5 Å². The Morgan fingerprint density at radius 3 is 2.62 bits per heavy atom. The zero-order chi connectivity index (χ0) is 15.6. The molecule has 1 unspecified atom stereocenters. The van der Waals surface area contributed by atoms with Gasteiger partial charge in [-0.3, -0.25) is 14.4 Å². The molecule has 2 aliphatic rings. The molecular weight excluding hydrogens is 272 g/mol. The SMILES string of the molecule is CC(C)CN1CC(C(=O)N2CCC[C@@H](C(=O)O)C2)CC1=O. The van der Waals surface area contributed by atoms with E-state index in [1.807, 2.05) is 13.8 Å². The molecule has 0 aliphatic carbocycles. The number of carboxylic acids is 1. The van der Waals surface area contributed by atoms with Crippen molar-refractivity contribution in [2.75, 3.05) is 26.2 Å². The summed E-state index contributed by atoms with van der Waals surface area (Å²) in [5.41, 5.74) is 0. The lowest BCUT2D eigenvalue weighted by Gasteiger charge is -2.32. The highest BCUT2D eigenvalue weighted by molar-refractivity contribution is 5.89. The van der Waals surface area contributed by atoms with Gasteiger partial charge in [-0.1, -0.05) is 13.8 Å². The van der Waals surface area contributed by atoms with Gasteiger partial charge < -0.3 is 14.9 Å². The van der Waals surface area contributed by atoms with Crippen molar-refractivity contribution in [3.05, 3.63) is 0 Å². The van der Waals surface area contributed by atoms with Gasteiger partial charge in [0.2, 0.25) is 11.8 Å². The number of carbonyl (C=O) groups excluding carboxylic acids is 2. The molecule has 2 rings (SSSR count). The molecule has 0 saturated carbocycles. The van der Waals surface area contributed by atoms with Crippen LogP contribution < -0.4 is 0 Å². The van der Waals surface area contributed by atoms with Crippen LogP contribution in [0.25, 0.3) is 0 Å². The summed E-state index contributed by atoms with van der Waals surface area (Å²) in [4.78, 5) is 38.9. The molecule has 118 valence electrons. The van der Waals surface area contributed by atoms with Gasteiger partial charge in [-0.2, -0.15) is 0 Å². The maximum atomic E-state index is 12.5. The van der Waals surface area contributed by atoms with Crippen LogP contribution in [0, 0.1) is 17.8 Å². The Hall–Kier alpha value is -1.59. The first kappa shape index (κ1) is 15.8. The maximum absolute atomic E-state index is 12.5. The molecule has 2 aliphatic heterocycles. The minimum absolute atomic E-state index is 0.0360. The van der Waals surface area contributed by atoms with Crippen molar-refractivity contribution in [2.24, 2.45) is 17.8 Å². The minimum Gasteiger partial charge on any atom is -0.481 e. The van der Waals surface area contributed by atoms with Gasteiger partial charge in [-0.15, -0.1) is 0 Å². The Bertz CT molecular complexity index is 435. The molecule has 0 aromatic heterocycles. The number of aliphatic carboxylic acids is 1. The van der Waals surface area contributed by atoms with Crippen LogP contribution in [0.2, 0.25) is 0 Å². The molecule has 2 saturated heterocycles. The normalized spacial score (nSPS) is 26.5. The second-order valence-electron chi connectivity index (χ2n) is 6.56. The number of likely N-dealkylation sites (tertiary alicyclic amines) is 2. The summed E-state index contributed by atoms with van der Waals surface area (Å²) in [6.45, 7) is 6.14. The number of carbonyl (C=O) groups is 3. The fourth-order valence-electron chi connectivity index (χ4n) is 3.19. The maximum Gasteiger partial charge on any atom is 0.308 e. The zero-order valence-corrected chi connectivity index (χ0v) is 12.7. The lowest BCUT2D eigenvalue weighted by Crippen LogP contribution is -2.45. The first-order chi connectivity index (χ1) is 9.88. The molecule has 0 bridgehead atoms. The van der Waals surface area contributed by atoms with Gasteiger partial charge >= 0.3 is 5.97 Å². The summed E-state index contributed by atoms with van der Waals surface area (Å²) in [5.74, 6) is -1.24. The summed E-state index contributed by atoms with van der Waals surface area (Å²) in [6.07, 6.45) is 1.61. The number of hydrogen-bond acceptors (Lipinski definition) is 3. The Balaban J connectivity index is 1.94. The standard InChI is InChI=1S/C15H24N2O4/c1-10(2)7-17-9-12(6-13(17)18)14(19)16-5-3-4-11(8-16)15(20)21/h10-12H,3-9H2,1-2H3,(H,20,21)/t11-,12?/m1/s1. The van der Waals surface area contributed by atoms with E-state index in [0.717, 1.165) is 6.42 Å². The first-order valence-corrected chi connectivity index (χ1v) is 7.67. The molecule has 2 heterocycles. The number of hydrogen-bond donors (Lipinski definition) is 1. The first-order valence-electron chi connectivity index (χ1n) is 7.67. The molecule has 0 aromatic carbocycles. The van der Waals surface area contributed by atoms with Crippen molar-refractivity contribution >= 4 is 17.8 Å². The van der Waals surface area contributed by atoms with Crippen LogP contribution in [0.1, 0.15) is 33.1 Å². The topological polar surface area (TPSA) is 77.9 Å². The Kier molecular flexibility index (Phi) is 4.85. The third-order valence-corrected chi connectivity index (χ3v) is 4.23. The van der Waals surface area contributed by atoms with Crippen LogP contribution in [0.4, 0.5) is 0 Å². The molecule has 6 heteroatoms. The van der Waals surface area contributed by atoms with E-state index in [2.05, 4.69) is 0 Å². The van der Waals surface area contributed by atoms with Gasteiger partial charge in [-0.25, -0.2) is 0 Å². The van der Waals surface area contributed by atoms with E-state index < -0.39 is 11.9 Å². The fraction of sp³-hybridized carbons (Fsp3) is 0.800. The van der Waals surface area contributed by atoms with E-state index in [-0.39, 0.29) is 30.7 Å². The van der Waals surface area contributed by atoms with E-state index in [1.54, 1.807) is 9.80 Å². The summed E-state index contributed by atoms with van der Waals surface area (Å²) < 4.78 is 0. The number of rotatable bonds is 4. The zero-order valence-electron chi connectivity index (χ0n) is 12.7. The third kappa shape index (κ3) is 3.74. The van der Waals surface area contributed by atoms with Crippen LogP contribution in [0.15, 0.2) is 0 Å². The summed E-state index contributed by atoms with van der Waals surface area (Å²) in [5, 5.41) is 9.09. The summed E-state index contributed by atoms with van der Waals surface area (Å²) in [6, 6.07) is 0. The third-order valence-electron chi connectivity index (χ3n) is 4.23. The van der Waals surface area contributed by atoms with E-state index in [0.29, 0.717) is 32.0 Å². The molecule has 2 atom stereocenters. The molecule has 2 fully saturated rings. The van der Waals surface area contributed by atoms with E-state index in [1.165, 1.54) is 0 Å². The van der Waals surface area contributed by atoms with Gasteiger partial charge in [-0.05, 0) is 18.8 Å². The van der Waals surface area contributed by atoms with E-state index in [9.17, 15) is 14.4 Å². The largest absolute Gasteiger partial charge is 0.481 e. The van der Waals surface area contributed by atoms with Crippen LogP contribution in [-0.2, 0) is 14.4 Å². The smallest absolute Gasteiger partial charge is 0.308 e. The van der Waals surface area contributed by atoms with Crippen molar-refractivity contribution in [3.63, 3.8) is 0 Å². The van der Waals surface area contributed by atoms with Gasteiger partial charge in [0, 0.05) is 32.6 Å². The second kappa shape index (κ2) is 6.45. The molecule has 21 heavy (non-hydrogen) atoms. The van der Waals surface area contributed by atoms with Gasteiger partial charge in [0.15, 0.2) is 0 Å². The number of amides is 2. The van der Waals surface area contributed by atoms with E-state index in [4.69, 9.17) is 5.11 Å². The van der Waals surface area contributed by atoms with Gasteiger partial charge in [0.05, 0.1) is 11.8 Å².